The van der Waals surface area contributed by atoms with Crippen molar-refractivity contribution in [2.45, 2.75) is 51.2 Å². The van der Waals surface area contributed by atoms with Crippen molar-refractivity contribution in [1.29, 1.82) is 0 Å². The Morgan fingerprint density at radius 2 is 2.12 bits per heavy atom. The highest BCUT2D eigenvalue weighted by Gasteiger charge is 2.20. The van der Waals surface area contributed by atoms with Gasteiger partial charge in [0.2, 0.25) is 0 Å². The molecular formula is C20H21F2N3O. The molecule has 1 saturated heterocycles. The Hall–Kier alpha value is -2.26. The van der Waals surface area contributed by atoms with Crippen LogP contribution in [0.3, 0.4) is 0 Å². The lowest BCUT2D eigenvalue weighted by Crippen LogP contribution is -2.24. The maximum Gasteiger partial charge on any atom is 0.264 e. The smallest absolute Gasteiger partial charge is 0.264 e. The number of alkyl halides is 2. The number of halogens is 2. The van der Waals surface area contributed by atoms with Gasteiger partial charge < -0.3 is 4.74 Å². The standard InChI is InChI=1S/C20H21F2N3O/c21-20(22)18-11-15(7-6-14-4-5-14)8-9-17(18)19-13-25(24-23-19)12-16-3-1-2-10-26-16/h8-9,11,13-14,16,20H,1-5,10,12H2. The fourth-order valence-electron chi connectivity index (χ4n) is 3.14. The number of nitrogens with zero attached hydrogens (tertiary/aromatic N) is 3. The molecule has 2 aliphatic rings. The van der Waals surface area contributed by atoms with Crippen LogP contribution in [0.5, 0.6) is 0 Å². The second-order valence-corrected chi connectivity index (χ2v) is 6.96. The third kappa shape index (κ3) is 4.10. The van der Waals surface area contributed by atoms with Gasteiger partial charge in [0.1, 0.15) is 5.69 Å². The monoisotopic (exact) mass is 357 g/mol. The first-order chi connectivity index (χ1) is 12.7. The normalized spacial score (nSPS) is 20.0. The van der Waals surface area contributed by atoms with Gasteiger partial charge in [-0.3, -0.25) is 0 Å². The van der Waals surface area contributed by atoms with Gasteiger partial charge in [-0.2, -0.15) is 0 Å². The number of rotatable bonds is 4. The van der Waals surface area contributed by atoms with Crippen LogP contribution in [0.4, 0.5) is 8.78 Å². The molecule has 1 saturated carbocycles. The largest absolute Gasteiger partial charge is 0.376 e. The summed E-state index contributed by atoms with van der Waals surface area (Å²) in [6.07, 6.45) is 4.70. The van der Waals surface area contributed by atoms with E-state index in [-0.39, 0.29) is 11.7 Å². The minimum Gasteiger partial charge on any atom is -0.376 e. The summed E-state index contributed by atoms with van der Waals surface area (Å²) in [5.74, 6) is 6.54. The maximum absolute atomic E-state index is 13.6. The lowest BCUT2D eigenvalue weighted by Gasteiger charge is -2.21. The summed E-state index contributed by atoms with van der Waals surface area (Å²) in [6, 6.07) is 4.92. The van der Waals surface area contributed by atoms with Crippen molar-refractivity contribution in [3.05, 3.63) is 35.5 Å². The molecule has 6 heteroatoms. The molecule has 1 aromatic heterocycles. The van der Waals surface area contributed by atoms with Gasteiger partial charge in [0, 0.05) is 29.2 Å². The Balaban J connectivity index is 1.55. The summed E-state index contributed by atoms with van der Waals surface area (Å²) < 4.78 is 34.5. The van der Waals surface area contributed by atoms with Crippen molar-refractivity contribution in [2.24, 2.45) is 5.92 Å². The van der Waals surface area contributed by atoms with Crippen LogP contribution in [0.15, 0.2) is 24.4 Å². The second kappa shape index (κ2) is 7.55. The van der Waals surface area contributed by atoms with Crippen molar-refractivity contribution in [2.75, 3.05) is 6.61 Å². The molecule has 1 aromatic carbocycles. The van der Waals surface area contributed by atoms with Crippen molar-refractivity contribution in [1.82, 2.24) is 15.0 Å². The zero-order valence-corrected chi connectivity index (χ0v) is 14.5. The van der Waals surface area contributed by atoms with E-state index in [0.29, 0.717) is 29.3 Å². The van der Waals surface area contributed by atoms with E-state index >= 15 is 0 Å². The van der Waals surface area contributed by atoms with E-state index in [9.17, 15) is 8.78 Å². The minimum atomic E-state index is -2.58. The van der Waals surface area contributed by atoms with Gasteiger partial charge in [-0.05, 0) is 44.2 Å². The zero-order chi connectivity index (χ0) is 17.9. The average Bonchev–Trinajstić information content (AvgIpc) is 3.38. The Morgan fingerprint density at radius 1 is 1.23 bits per heavy atom. The molecular weight excluding hydrogens is 336 g/mol. The topological polar surface area (TPSA) is 39.9 Å². The van der Waals surface area contributed by atoms with E-state index < -0.39 is 6.43 Å². The van der Waals surface area contributed by atoms with Crippen LogP contribution in [0.1, 0.15) is 49.7 Å². The van der Waals surface area contributed by atoms with Crippen molar-refractivity contribution < 1.29 is 13.5 Å². The Labute approximate surface area is 151 Å². The first kappa shape index (κ1) is 17.2. The van der Waals surface area contributed by atoms with Crippen molar-refractivity contribution in [3.63, 3.8) is 0 Å². The average molecular weight is 357 g/mol. The van der Waals surface area contributed by atoms with Crippen LogP contribution in [0.2, 0.25) is 0 Å². The minimum absolute atomic E-state index is 0.0476. The highest BCUT2D eigenvalue weighted by Crippen LogP contribution is 2.31. The third-order valence-corrected chi connectivity index (χ3v) is 4.76. The number of hydrogen-bond donors (Lipinski definition) is 0. The number of aromatic nitrogens is 3. The number of benzene rings is 1. The lowest BCUT2D eigenvalue weighted by atomic mass is 10.0. The SMILES string of the molecule is FC(F)c1cc(C#CC2CC2)ccc1-c1cn(CC2CCCCO2)nn1. The van der Waals surface area contributed by atoms with Gasteiger partial charge in [-0.25, -0.2) is 13.5 Å². The molecule has 0 amide bonds. The molecule has 1 unspecified atom stereocenters. The van der Waals surface area contributed by atoms with E-state index in [1.54, 1.807) is 23.0 Å². The molecule has 4 nitrogen and oxygen atoms in total. The van der Waals surface area contributed by atoms with Gasteiger partial charge in [0.15, 0.2) is 0 Å². The molecule has 1 aliphatic heterocycles. The highest BCUT2D eigenvalue weighted by atomic mass is 19.3. The Morgan fingerprint density at radius 3 is 2.85 bits per heavy atom. The molecule has 2 aromatic rings. The summed E-state index contributed by atoms with van der Waals surface area (Å²) in [4.78, 5) is 0. The van der Waals surface area contributed by atoms with Crippen LogP contribution >= 0.6 is 0 Å². The zero-order valence-electron chi connectivity index (χ0n) is 14.5. The molecule has 1 atom stereocenters. The molecule has 2 fully saturated rings. The molecule has 2 heterocycles. The predicted molar refractivity (Wildman–Crippen MR) is 93.6 cm³/mol. The second-order valence-electron chi connectivity index (χ2n) is 6.96. The van der Waals surface area contributed by atoms with Crippen LogP contribution in [-0.2, 0) is 11.3 Å². The molecule has 0 N–H and O–H groups in total. The number of hydrogen-bond acceptors (Lipinski definition) is 3. The van der Waals surface area contributed by atoms with Gasteiger partial charge >= 0.3 is 0 Å². The predicted octanol–water partition coefficient (Wildman–Crippen LogP) is 4.21. The van der Waals surface area contributed by atoms with Crippen LogP contribution < -0.4 is 0 Å². The first-order valence-corrected chi connectivity index (χ1v) is 9.15. The Kier molecular flexibility index (Phi) is 4.98. The van der Waals surface area contributed by atoms with Gasteiger partial charge in [0.05, 0.1) is 18.8 Å². The summed E-state index contributed by atoms with van der Waals surface area (Å²) in [5.41, 5.74) is 1.44. The van der Waals surface area contributed by atoms with Crippen molar-refractivity contribution in [3.8, 4) is 23.1 Å². The van der Waals surface area contributed by atoms with Gasteiger partial charge in [-0.15, -0.1) is 5.10 Å². The fraction of sp³-hybridized carbons (Fsp3) is 0.500. The Bertz CT molecular complexity index is 827. The molecule has 1 aliphatic carbocycles. The molecule has 0 bridgehead atoms. The first-order valence-electron chi connectivity index (χ1n) is 9.15. The molecule has 0 spiro atoms. The summed E-state index contributed by atoms with van der Waals surface area (Å²) in [7, 11) is 0. The maximum atomic E-state index is 13.6. The van der Waals surface area contributed by atoms with E-state index in [1.807, 2.05) is 0 Å². The van der Waals surface area contributed by atoms with Crippen molar-refractivity contribution >= 4 is 0 Å². The van der Waals surface area contributed by atoms with Crippen LogP contribution in [0.25, 0.3) is 11.3 Å². The van der Waals surface area contributed by atoms with Gasteiger partial charge in [-0.1, -0.05) is 23.1 Å². The molecule has 4 rings (SSSR count). The van der Waals surface area contributed by atoms with E-state index in [0.717, 1.165) is 38.7 Å². The lowest BCUT2D eigenvalue weighted by molar-refractivity contribution is 0.00370. The third-order valence-electron chi connectivity index (χ3n) is 4.76. The molecule has 0 radical (unpaired) electrons. The molecule has 26 heavy (non-hydrogen) atoms. The quantitative estimate of drug-likeness (QED) is 0.770. The van der Waals surface area contributed by atoms with E-state index in [1.165, 1.54) is 6.07 Å². The highest BCUT2D eigenvalue weighted by molar-refractivity contribution is 5.65. The van der Waals surface area contributed by atoms with Gasteiger partial charge in [0.25, 0.3) is 6.43 Å². The fourth-order valence-corrected chi connectivity index (χ4v) is 3.14. The summed E-state index contributed by atoms with van der Waals surface area (Å²) in [5, 5.41) is 8.19. The number of ether oxygens (including phenoxy) is 1. The summed E-state index contributed by atoms with van der Waals surface area (Å²) in [6.45, 7) is 1.37. The summed E-state index contributed by atoms with van der Waals surface area (Å²) >= 11 is 0. The molecule has 136 valence electrons. The van der Waals surface area contributed by atoms with Crippen LogP contribution in [0, 0.1) is 17.8 Å². The van der Waals surface area contributed by atoms with E-state index in [2.05, 4.69) is 22.2 Å². The van der Waals surface area contributed by atoms with E-state index in [4.69, 9.17) is 4.74 Å². The van der Waals surface area contributed by atoms with Crippen LogP contribution in [-0.4, -0.2) is 27.7 Å².